The first kappa shape index (κ1) is 19.3. The van der Waals surface area contributed by atoms with Gasteiger partial charge in [-0.05, 0) is 56.6 Å². The number of hydrogen-bond acceptors (Lipinski definition) is 4. The van der Waals surface area contributed by atoms with E-state index in [1.165, 1.54) is 0 Å². The van der Waals surface area contributed by atoms with Gasteiger partial charge in [0.2, 0.25) is 0 Å². The molecule has 0 bridgehead atoms. The summed E-state index contributed by atoms with van der Waals surface area (Å²) in [5, 5.41) is 3.31. The first-order chi connectivity index (χ1) is 11.7. The molecule has 0 spiro atoms. The summed E-state index contributed by atoms with van der Waals surface area (Å²) < 4.78 is 5.28. The number of nitrogens with one attached hydrogen (secondary N) is 2. The number of hydrogen-bond donors (Lipinski definition) is 2. The smallest absolute Gasteiger partial charge is 0.261 e. The average Bonchev–Trinajstić information content (AvgIpc) is 3.14. The van der Waals surface area contributed by atoms with Crippen molar-refractivity contribution < 1.29 is 9.21 Å². The molecule has 1 amide bonds. The molecule has 7 heteroatoms. The van der Waals surface area contributed by atoms with Crippen molar-refractivity contribution in [1.82, 2.24) is 15.2 Å². The third-order valence-electron chi connectivity index (χ3n) is 4.40. The van der Waals surface area contributed by atoms with Crippen LogP contribution in [0.4, 0.5) is 0 Å². The lowest BCUT2D eigenvalue weighted by Gasteiger charge is -2.34. The van der Waals surface area contributed by atoms with Gasteiger partial charge in [0.1, 0.15) is 11.3 Å². The number of furan rings is 1. The minimum atomic E-state index is -0.371. The van der Waals surface area contributed by atoms with E-state index in [-0.39, 0.29) is 35.5 Å². The molecule has 0 aliphatic carbocycles. The van der Waals surface area contributed by atoms with Crippen LogP contribution in [-0.2, 0) is 0 Å². The van der Waals surface area contributed by atoms with Gasteiger partial charge >= 0.3 is 0 Å². The van der Waals surface area contributed by atoms with Crippen LogP contribution < -0.4 is 10.9 Å². The maximum atomic E-state index is 12.9. The minimum absolute atomic E-state index is 0. The van der Waals surface area contributed by atoms with Gasteiger partial charge in [-0.1, -0.05) is 6.92 Å². The van der Waals surface area contributed by atoms with Crippen molar-refractivity contribution >= 4 is 18.3 Å². The van der Waals surface area contributed by atoms with Crippen LogP contribution in [0.2, 0.25) is 0 Å². The largest absolute Gasteiger partial charge is 0.463 e. The van der Waals surface area contributed by atoms with E-state index < -0.39 is 0 Å². The Hall–Kier alpha value is -2.05. The zero-order valence-electron chi connectivity index (χ0n) is 14.3. The molecule has 0 radical (unpaired) electrons. The van der Waals surface area contributed by atoms with E-state index in [2.05, 4.69) is 10.3 Å². The molecule has 1 aliphatic rings. The Kier molecular flexibility index (Phi) is 6.84. The van der Waals surface area contributed by atoms with Gasteiger partial charge in [0.05, 0.1) is 12.0 Å². The van der Waals surface area contributed by atoms with E-state index in [1.807, 2.05) is 11.8 Å². The topological polar surface area (TPSA) is 78.3 Å². The summed E-state index contributed by atoms with van der Waals surface area (Å²) in [6, 6.07) is 7.05. The van der Waals surface area contributed by atoms with Crippen LogP contribution in [0.5, 0.6) is 0 Å². The van der Waals surface area contributed by atoms with Gasteiger partial charge in [-0.15, -0.1) is 12.4 Å². The summed E-state index contributed by atoms with van der Waals surface area (Å²) in [6.45, 7) is 4.53. The average molecular weight is 366 g/mol. The molecule has 3 rings (SSSR count). The zero-order valence-corrected chi connectivity index (χ0v) is 15.1. The number of aromatic nitrogens is 1. The number of rotatable bonds is 5. The third kappa shape index (κ3) is 4.32. The van der Waals surface area contributed by atoms with Crippen molar-refractivity contribution in [2.24, 2.45) is 0 Å². The molecule has 0 saturated carbocycles. The van der Waals surface area contributed by atoms with Crippen LogP contribution in [0, 0.1) is 0 Å². The zero-order chi connectivity index (χ0) is 16.9. The molecule has 25 heavy (non-hydrogen) atoms. The van der Waals surface area contributed by atoms with Crippen LogP contribution in [0.25, 0.3) is 11.5 Å². The van der Waals surface area contributed by atoms with E-state index >= 15 is 0 Å². The van der Waals surface area contributed by atoms with E-state index in [0.29, 0.717) is 18.0 Å². The van der Waals surface area contributed by atoms with Crippen molar-refractivity contribution in [2.45, 2.75) is 32.2 Å². The molecule has 136 valence electrons. The lowest BCUT2D eigenvalue weighted by Crippen LogP contribution is -2.47. The summed E-state index contributed by atoms with van der Waals surface area (Å²) in [5.41, 5.74) is 0.395. The first-order valence-electron chi connectivity index (χ1n) is 8.49. The predicted octanol–water partition coefficient (Wildman–Crippen LogP) is 2.66. The molecule has 2 N–H and O–H groups in total. The lowest BCUT2D eigenvalue weighted by molar-refractivity contribution is 0.0641. The Morgan fingerprint density at radius 3 is 2.64 bits per heavy atom. The molecule has 0 unspecified atom stereocenters. The van der Waals surface area contributed by atoms with Crippen molar-refractivity contribution in [3.63, 3.8) is 0 Å². The van der Waals surface area contributed by atoms with Crippen LogP contribution in [-0.4, -0.2) is 41.5 Å². The number of H-pyrrole nitrogens is 1. The first-order valence-corrected chi connectivity index (χ1v) is 8.49. The fourth-order valence-electron chi connectivity index (χ4n) is 3.18. The minimum Gasteiger partial charge on any atom is -0.463 e. The highest BCUT2D eigenvalue weighted by Gasteiger charge is 2.27. The maximum Gasteiger partial charge on any atom is 0.261 e. The summed E-state index contributed by atoms with van der Waals surface area (Å²) in [6.07, 6.45) is 4.27. The monoisotopic (exact) mass is 365 g/mol. The molecule has 1 fully saturated rings. The fraction of sp³-hybridized carbons (Fsp3) is 0.444. The molecular weight excluding hydrogens is 342 g/mol. The van der Waals surface area contributed by atoms with Gasteiger partial charge in [0.15, 0.2) is 0 Å². The van der Waals surface area contributed by atoms with E-state index in [9.17, 15) is 9.59 Å². The number of halogens is 1. The molecule has 1 aliphatic heterocycles. The summed E-state index contributed by atoms with van der Waals surface area (Å²) in [7, 11) is 0. The summed E-state index contributed by atoms with van der Waals surface area (Å²) in [4.78, 5) is 29.9. The second-order valence-corrected chi connectivity index (χ2v) is 6.07. The Bertz CT molecular complexity index is 736. The van der Waals surface area contributed by atoms with Crippen molar-refractivity contribution in [2.75, 3.05) is 19.6 Å². The van der Waals surface area contributed by atoms with Crippen molar-refractivity contribution in [1.29, 1.82) is 0 Å². The second kappa shape index (κ2) is 8.87. The molecule has 2 aromatic rings. The van der Waals surface area contributed by atoms with Gasteiger partial charge in [-0.2, -0.15) is 0 Å². The van der Waals surface area contributed by atoms with E-state index in [1.54, 1.807) is 30.5 Å². The fourth-order valence-corrected chi connectivity index (χ4v) is 3.18. The standard InChI is InChI=1S/C18H23N3O3.ClH/c1-2-11-21(13-7-9-19-10-8-13)18(23)14-5-6-15(20-17(14)22)16-4-3-12-24-16;/h3-6,12-13,19H,2,7-11H2,1H3,(H,20,22);1H. The molecule has 3 heterocycles. The Balaban J connectivity index is 0.00000225. The quantitative estimate of drug-likeness (QED) is 0.853. The van der Waals surface area contributed by atoms with Crippen LogP contribution in [0.3, 0.4) is 0 Å². The van der Waals surface area contributed by atoms with E-state index in [0.717, 1.165) is 32.4 Å². The normalized spacial score (nSPS) is 14.8. The van der Waals surface area contributed by atoms with Crippen molar-refractivity contribution in [3.05, 3.63) is 46.4 Å². The molecule has 0 atom stereocenters. The number of nitrogens with zero attached hydrogens (tertiary/aromatic N) is 1. The highest BCUT2D eigenvalue weighted by molar-refractivity contribution is 5.94. The van der Waals surface area contributed by atoms with Crippen LogP contribution in [0.15, 0.2) is 39.7 Å². The predicted molar refractivity (Wildman–Crippen MR) is 99.2 cm³/mol. The molecule has 0 aromatic carbocycles. The maximum absolute atomic E-state index is 12.9. The Morgan fingerprint density at radius 1 is 1.28 bits per heavy atom. The number of carbonyl (C=O) groups excluding carboxylic acids is 1. The molecule has 6 nitrogen and oxygen atoms in total. The lowest BCUT2D eigenvalue weighted by atomic mass is 10.0. The number of amides is 1. The van der Waals surface area contributed by atoms with Gasteiger partial charge in [-0.3, -0.25) is 9.59 Å². The summed E-state index contributed by atoms with van der Waals surface area (Å²) >= 11 is 0. The highest BCUT2D eigenvalue weighted by Crippen LogP contribution is 2.18. The van der Waals surface area contributed by atoms with Crippen LogP contribution in [0.1, 0.15) is 36.5 Å². The number of carbonyl (C=O) groups is 1. The van der Waals surface area contributed by atoms with E-state index in [4.69, 9.17) is 4.42 Å². The van der Waals surface area contributed by atoms with Gasteiger partial charge in [0, 0.05) is 12.6 Å². The van der Waals surface area contributed by atoms with Crippen molar-refractivity contribution in [3.8, 4) is 11.5 Å². The van der Waals surface area contributed by atoms with Crippen LogP contribution >= 0.6 is 12.4 Å². The molecule has 1 saturated heterocycles. The SMILES string of the molecule is CCCN(C(=O)c1ccc(-c2ccco2)[nH]c1=O)C1CCNCC1.Cl. The number of piperidine rings is 1. The highest BCUT2D eigenvalue weighted by atomic mass is 35.5. The molecular formula is C18H24ClN3O3. The van der Waals surface area contributed by atoms with Gasteiger partial charge in [0.25, 0.3) is 11.5 Å². The molecule has 2 aromatic heterocycles. The third-order valence-corrected chi connectivity index (χ3v) is 4.40. The number of aromatic amines is 1. The van der Waals surface area contributed by atoms with Gasteiger partial charge in [-0.25, -0.2) is 0 Å². The second-order valence-electron chi connectivity index (χ2n) is 6.07. The van der Waals surface area contributed by atoms with Gasteiger partial charge < -0.3 is 19.6 Å². The Morgan fingerprint density at radius 2 is 2.04 bits per heavy atom. The Labute approximate surface area is 153 Å². The number of pyridine rings is 1. The summed E-state index contributed by atoms with van der Waals surface area (Å²) in [5.74, 6) is 0.394.